The third-order valence-electron chi connectivity index (χ3n) is 2.61. The van der Waals surface area contributed by atoms with Crippen molar-refractivity contribution >= 4 is 0 Å². The molecule has 4 nitrogen and oxygen atoms in total. The Morgan fingerprint density at radius 3 is 2.67 bits per heavy atom. The number of nitrogens with zero attached hydrogens (tertiary/aromatic N) is 2. The van der Waals surface area contributed by atoms with E-state index in [9.17, 15) is 0 Å². The van der Waals surface area contributed by atoms with Crippen LogP contribution in [0.2, 0.25) is 0 Å². The van der Waals surface area contributed by atoms with E-state index < -0.39 is 0 Å². The van der Waals surface area contributed by atoms with Gasteiger partial charge in [-0.1, -0.05) is 32.3 Å². The molecule has 4 heteroatoms. The van der Waals surface area contributed by atoms with Gasteiger partial charge in [-0.15, -0.1) is 0 Å². The molecule has 1 aromatic heterocycles. The maximum absolute atomic E-state index is 5.69. The van der Waals surface area contributed by atoms with Gasteiger partial charge in [-0.05, 0) is 12.3 Å². The lowest BCUT2D eigenvalue weighted by molar-refractivity contribution is 0.321. The highest BCUT2D eigenvalue weighted by molar-refractivity contribution is 4.96. The summed E-state index contributed by atoms with van der Waals surface area (Å²) in [7, 11) is 0. The summed E-state index contributed by atoms with van der Waals surface area (Å²) in [6, 6.07) is 0. The molecule has 0 spiro atoms. The van der Waals surface area contributed by atoms with E-state index in [1.807, 2.05) is 0 Å². The maximum Gasteiger partial charge on any atom is 0.231 e. The van der Waals surface area contributed by atoms with Crippen LogP contribution in [-0.2, 0) is 6.42 Å². The largest absolute Gasteiger partial charge is 0.339 e. The molecule has 0 saturated carbocycles. The topological polar surface area (TPSA) is 64.9 Å². The van der Waals surface area contributed by atoms with Gasteiger partial charge in [-0.3, -0.25) is 0 Å². The molecule has 1 unspecified atom stereocenters. The van der Waals surface area contributed by atoms with Crippen molar-refractivity contribution in [3.63, 3.8) is 0 Å². The van der Waals surface area contributed by atoms with Crippen LogP contribution in [0.4, 0.5) is 0 Å². The van der Waals surface area contributed by atoms with Crippen molar-refractivity contribution in [2.75, 3.05) is 6.54 Å². The van der Waals surface area contributed by atoms with Crippen molar-refractivity contribution in [2.24, 2.45) is 11.7 Å². The Balaban J connectivity index is 2.65. The van der Waals surface area contributed by atoms with E-state index in [1.54, 1.807) is 0 Å². The number of rotatable bonds is 6. The average molecular weight is 211 g/mol. The van der Waals surface area contributed by atoms with Crippen LogP contribution in [-0.4, -0.2) is 16.7 Å². The first-order valence-electron chi connectivity index (χ1n) is 5.71. The summed E-state index contributed by atoms with van der Waals surface area (Å²) in [5, 5.41) is 3.96. The number of nitrogens with two attached hydrogens (primary N) is 1. The normalized spacial score (nSPS) is 13.4. The lowest BCUT2D eigenvalue weighted by Gasteiger charge is -2.13. The van der Waals surface area contributed by atoms with Crippen LogP contribution in [0, 0.1) is 5.92 Å². The molecule has 1 atom stereocenters. The summed E-state index contributed by atoms with van der Waals surface area (Å²) in [4.78, 5) is 4.38. The lowest BCUT2D eigenvalue weighted by atomic mass is 9.96. The van der Waals surface area contributed by atoms with Crippen LogP contribution >= 0.6 is 0 Å². The Labute approximate surface area is 91.2 Å². The van der Waals surface area contributed by atoms with Gasteiger partial charge in [0.25, 0.3) is 0 Å². The smallest absolute Gasteiger partial charge is 0.231 e. The Morgan fingerprint density at radius 1 is 1.40 bits per heavy atom. The highest BCUT2D eigenvalue weighted by atomic mass is 16.5. The zero-order valence-corrected chi connectivity index (χ0v) is 9.86. The highest BCUT2D eigenvalue weighted by Crippen LogP contribution is 2.21. The van der Waals surface area contributed by atoms with Gasteiger partial charge in [0.05, 0.1) is 5.92 Å². The van der Waals surface area contributed by atoms with Gasteiger partial charge in [0.15, 0.2) is 5.82 Å². The zero-order valence-electron chi connectivity index (χ0n) is 9.86. The number of hydrogen-bond acceptors (Lipinski definition) is 4. The van der Waals surface area contributed by atoms with Crippen molar-refractivity contribution < 1.29 is 4.52 Å². The zero-order chi connectivity index (χ0) is 11.3. The first-order chi connectivity index (χ1) is 7.19. The van der Waals surface area contributed by atoms with Crippen molar-refractivity contribution in [2.45, 2.75) is 46.0 Å². The third-order valence-corrected chi connectivity index (χ3v) is 2.61. The number of aromatic nitrogens is 2. The quantitative estimate of drug-likeness (QED) is 0.782. The van der Waals surface area contributed by atoms with Crippen molar-refractivity contribution in [3.05, 3.63) is 11.7 Å². The monoisotopic (exact) mass is 211 g/mol. The summed E-state index contributed by atoms with van der Waals surface area (Å²) in [5.74, 6) is 2.13. The molecule has 0 aliphatic heterocycles. The van der Waals surface area contributed by atoms with E-state index in [0.717, 1.165) is 25.1 Å². The molecule has 86 valence electrons. The standard InChI is InChI=1S/C11H21N3O/c1-4-5-6-10-13-11(15-14-10)9(7-12)8(2)3/h8-9H,4-7,12H2,1-3H3. The first-order valence-corrected chi connectivity index (χ1v) is 5.71. The molecule has 2 N–H and O–H groups in total. The molecule has 0 aromatic carbocycles. The molecular formula is C11H21N3O. The average Bonchev–Trinajstić information content (AvgIpc) is 2.64. The molecule has 0 amide bonds. The fourth-order valence-corrected chi connectivity index (χ4v) is 1.51. The van der Waals surface area contributed by atoms with Gasteiger partial charge in [0.2, 0.25) is 5.89 Å². The van der Waals surface area contributed by atoms with Gasteiger partial charge in [0.1, 0.15) is 0 Å². The fourth-order valence-electron chi connectivity index (χ4n) is 1.51. The second-order valence-electron chi connectivity index (χ2n) is 4.24. The van der Waals surface area contributed by atoms with E-state index in [4.69, 9.17) is 10.3 Å². The molecule has 0 aliphatic rings. The molecule has 0 radical (unpaired) electrons. The molecule has 0 fully saturated rings. The minimum absolute atomic E-state index is 0.188. The minimum atomic E-state index is 0.188. The molecule has 1 heterocycles. The molecule has 1 rings (SSSR count). The van der Waals surface area contributed by atoms with Crippen LogP contribution in [0.25, 0.3) is 0 Å². The second kappa shape index (κ2) is 5.85. The van der Waals surface area contributed by atoms with Crippen LogP contribution in [0.1, 0.15) is 51.2 Å². The van der Waals surface area contributed by atoms with Crippen LogP contribution in [0.15, 0.2) is 4.52 Å². The number of aryl methyl sites for hydroxylation is 1. The van der Waals surface area contributed by atoms with Gasteiger partial charge in [0, 0.05) is 13.0 Å². The summed E-state index contributed by atoms with van der Waals surface area (Å²) in [6.45, 7) is 6.95. The fraction of sp³-hybridized carbons (Fsp3) is 0.818. The maximum atomic E-state index is 5.69. The van der Waals surface area contributed by atoms with Gasteiger partial charge < -0.3 is 10.3 Å². The Morgan fingerprint density at radius 2 is 2.13 bits per heavy atom. The first kappa shape index (κ1) is 12.2. The third kappa shape index (κ3) is 3.30. The Kier molecular flexibility index (Phi) is 4.75. The highest BCUT2D eigenvalue weighted by Gasteiger charge is 2.20. The summed E-state index contributed by atoms with van der Waals surface area (Å²) in [5.41, 5.74) is 5.69. The molecule has 0 bridgehead atoms. The van der Waals surface area contributed by atoms with E-state index in [-0.39, 0.29) is 5.92 Å². The van der Waals surface area contributed by atoms with Crippen molar-refractivity contribution in [3.8, 4) is 0 Å². The second-order valence-corrected chi connectivity index (χ2v) is 4.24. The number of hydrogen-bond donors (Lipinski definition) is 1. The van der Waals surface area contributed by atoms with Gasteiger partial charge >= 0.3 is 0 Å². The Bertz CT molecular complexity index is 283. The predicted octanol–water partition coefficient (Wildman–Crippen LogP) is 2.11. The lowest BCUT2D eigenvalue weighted by Crippen LogP contribution is -2.18. The SMILES string of the molecule is CCCCc1noc(C(CN)C(C)C)n1. The van der Waals surface area contributed by atoms with E-state index in [2.05, 4.69) is 30.9 Å². The predicted molar refractivity (Wildman–Crippen MR) is 59.5 cm³/mol. The van der Waals surface area contributed by atoms with Crippen molar-refractivity contribution in [1.29, 1.82) is 0 Å². The minimum Gasteiger partial charge on any atom is -0.339 e. The van der Waals surface area contributed by atoms with Crippen LogP contribution < -0.4 is 5.73 Å². The summed E-state index contributed by atoms with van der Waals surface area (Å²) < 4.78 is 5.23. The summed E-state index contributed by atoms with van der Waals surface area (Å²) in [6.07, 6.45) is 3.15. The van der Waals surface area contributed by atoms with Gasteiger partial charge in [-0.2, -0.15) is 4.98 Å². The van der Waals surface area contributed by atoms with Crippen LogP contribution in [0.5, 0.6) is 0 Å². The van der Waals surface area contributed by atoms with E-state index in [1.165, 1.54) is 0 Å². The van der Waals surface area contributed by atoms with Crippen molar-refractivity contribution in [1.82, 2.24) is 10.1 Å². The molecule has 0 aliphatic carbocycles. The van der Waals surface area contributed by atoms with Crippen LogP contribution in [0.3, 0.4) is 0 Å². The number of unbranched alkanes of at least 4 members (excludes halogenated alkanes) is 1. The molecule has 0 saturated heterocycles. The molecular weight excluding hydrogens is 190 g/mol. The Hall–Kier alpha value is -0.900. The van der Waals surface area contributed by atoms with Gasteiger partial charge in [-0.25, -0.2) is 0 Å². The van der Waals surface area contributed by atoms with E-state index in [0.29, 0.717) is 18.4 Å². The molecule has 1 aromatic rings. The van der Waals surface area contributed by atoms with E-state index >= 15 is 0 Å². The summed E-state index contributed by atoms with van der Waals surface area (Å²) >= 11 is 0. The molecule has 15 heavy (non-hydrogen) atoms.